The summed E-state index contributed by atoms with van der Waals surface area (Å²) in [6.07, 6.45) is 5.11. The summed E-state index contributed by atoms with van der Waals surface area (Å²) in [4.78, 5) is 26.3. The van der Waals surface area contributed by atoms with Gasteiger partial charge in [0.25, 0.3) is 0 Å². The van der Waals surface area contributed by atoms with E-state index in [1.165, 1.54) is 0 Å². The minimum atomic E-state index is -0.570. The third kappa shape index (κ3) is 3.31. The van der Waals surface area contributed by atoms with Crippen molar-refractivity contribution >= 4 is 12.4 Å². The molecule has 0 bridgehead atoms. The van der Waals surface area contributed by atoms with Crippen molar-refractivity contribution in [1.82, 2.24) is 4.90 Å². The second kappa shape index (κ2) is 6.68. The number of hydrogen-bond acceptors (Lipinski definition) is 3. The van der Waals surface area contributed by atoms with Crippen molar-refractivity contribution in [3.05, 3.63) is 34.4 Å². The highest BCUT2D eigenvalue weighted by Gasteiger charge is 2.41. The van der Waals surface area contributed by atoms with Crippen molar-refractivity contribution in [1.29, 1.82) is 0 Å². The fourth-order valence-corrected chi connectivity index (χ4v) is 3.20. The number of amides is 1. The van der Waals surface area contributed by atoms with E-state index in [9.17, 15) is 9.59 Å². The van der Waals surface area contributed by atoms with E-state index >= 15 is 0 Å². The van der Waals surface area contributed by atoms with Crippen LogP contribution in [0.5, 0.6) is 0 Å². The van der Waals surface area contributed by atoms with Gasteiger partial charge in [-0.25, -0.2) is 4.79 Å². The average Bonchev–Trinajstić information content (AvgIpc) is 2.47. The number of hydrogen-bond donors (Lipinski definition) is 0. The molecule has 0 saturated heterocycles. The van der Waals surface area contributed by atoms with Crippen LogP contribution in [0.25, 0.3) is 0 Å². The molecule has 1 aliphatic heterocycles. The fourth-order valence-electron chi connectivity index (χ4n) is 3.20. The van der Waals surface area contributed by atoms with E-state index in [0.29, 0.717) is 12.0 Å². The Hall–Kier alpha value is -2.28. The topological polar surface area (TPSA) is 46.6 Å². The Labute approximate surface area is 144 Å². The lowest BCUT2D eigenvalue weighted by Crippen LogP contribution is -2.53. The van der Waals surface area contributed by atoms with Crippen LogP contribution in [0.4, 0.5) is 4.79 Å². The SMILES string of the molecule is CC#CC1=C2C(C=O)=C(C)C(C)N(C(=O)OC(C)(C)C)C2CC=C1. The third-order valence-electron chi connectivity index (χ3n) is 4.34. The molecule has 2 aliphatic rings. The van der Waals surface area contributed by atoms with Crippen LogP contribution in [-0.2, 0) is 9.53 Å². The Morgan fingerprint density at radius 1 is 1.42 bits per heavy atom. The molecule has 4 nitrogen and oxygen atoms in total. The molecule has 0 spiro atoms. The van der Waals surface area contributed by atoms with Gasteiger partial charge in [0.1, 0.15) is 11.9 Å². The number of allylic oxidation sites excluding steroid dienone is 2. The number of rotatable bonds is 1. The second-order valence-electron chi connectivity index (χ2n) is 7.13. The molecule has 1 aliphatic carbocycles. The number of aldehydes is 1. The lowest BCUT2D eigenvalue weighted by molar-refractivity contribution is -0.105. The van der Waals surface area contributed by atoms with Gasteiger partial charge in [0.05, 0.1) is 12.1 Å². The van der Waals surface area contributed by atoms with Gasteiger partial charge in [-0.2, -0.15) is 0 Å². The summed E-state index contributed by atoms with van der Waals surface area (Å²) < 4.78 is 5.60. The van der Waals surface area contributed by atoms with Gasteiger partial charge in [0, 0.05) is 16.7 Å². The van der Waals surface area contributed by atoms with Crippen molar-refractivity contribution in [2.45, 2.75) is 65.6 Å². The minimum absolute atomic E-state index is 0.198. The van der Waals surface area contributed by atoms with Gasteiger partial charge >= 0.3 is 6.09 Å². The molecule has 2 unspecified atom stereocenters. The first-order chi connectivity index (χ1) is 11.2. The Kier molecular flexibility index (Phi) is 5.03. The van der Waals surface area contributed by atoms with Crippen LogP contribution in [0.1, 0.15) is 48.0 Å². The van der Waals surface area contributed by atoms with E-state index in [-0.39, 0.29) is 18.2 Å². The zero-order valence-corrected chi connectivity index (χ0v) is 15.3. The fraction of sp³-hybridized carbons (Fsp3) is 0.500. The lowest BCUT2D eigenvalue weighted by Gasteiger charge is -2.44. The molecule has 0 aromatic rings. The third-order valence-corrected chi connectivity index (χ3v) is 4.34. The van der Waals surface area contributed by atoms with E-state index in [2.05, 4.69) is 11.8 Å². The molecule has 0 fully saturated rings. The highest BCUT2D eigenvalue weighted by molar-refractivity contribution is 5.87. The van der Waals surface area contributed by atoms with E-state index in [0.717, 1.165) is 23.0 Å². The number of carbonyl (C=O) groups is 2. The first kappa shape index (κ1) is 18.1. The molecule has 2 rings (SSSR count). The van der Waals surface area contributed by atoms with Crippen LogP contribution in [0.2, 0.25) is 0 Å². The summed E-state index contributed by atoms with van der Waals surface area (Å²) in [5, 5.41) is 0. The van der Waals surface area contributed by atoms with Gasteiger partial charge in [-0.05, 0) is 53.5 Å². The van der Waals surface area contributed by atoms with Crippen LogP contribution < -0.4 is 0 Å². The van der Waals surface area contributed by atoms with E-state index in [1.807, 2.05) is 46.8 Å². The summed E-state index contributed by atoms with van der Waals surface area (Å²) >= 11 is 0. The molecule has 4 heteroatoms. The second-order valence-corrected chi connectivity index (χ2v) is 7.13. The molecule has 2 atom stereocenters. The smallest absolute Gasteiger partial charge is 0.411 e. The number of nitrogens with zero attached hydrogens (tertiary/aromatic N) is 1. The summed E-state index contributed by atoms with van der Waals surface area (Å²) in [5.41, 5.74) is 2.60. The normalized spacial score (nSPS) is 23.5. The molecule has 128 valence electrons. The summed E-state index contributed by atoms with van der Waals surface area (Å²) in [6.45, 7) is 11.1. The van der Waals surface area contributed by atoms with Gasteiger partial charge in [-0.1, -0.05) is 18.1 Å². The molecule has 0 radical (unpaired) electrons. The van der Waals surface area contributed by atoms with Gasteiger partial charge in [0.15, 0.2) is 0 Å². The summed E-state index contributed by atoms with van der Waals surface area (Å²) in [7, 11) is 0. The van der Waals surface area contributed by atoms with Crippen molar-refractivity contribution in [3.63, 3.8) is 0 Å². The predicted molar refractivity (Wildman–Crippen MR) is 94.3 cm³/mol. The molecule has 0 aromatic carbocycles. The monoisotopic (exact) mass is 327 g/mol. The average molecular weight is 327 g/mol. The Balaban J connectivity index is 2.60. The van der Waals surface area contributed by atoms with Gasteiger partial charge in [-0.3, -0.25) is 9.69 Å². The molecule has 0 aromatic heterocycles. The maximum atomic E-state index is 12.8. The van der Waals surface area contributed by atoms with Crippen LogP contribution in [0.15, 0.2) is 34.4 Å². The summed E-state index contributed by atoms with van der Waals surface area (Å²) in [5.74, 6) is 5.95. The first-order valence-corrected chi connectivity index (χ1v) is 8.22. The molecule has 1 heterocycles. The number of carbonyl (C=O) groups excluding carboxylic acids is 2. The van der Waals surface area contributed by atoms with Crippen molar-refractivity contribution in [2.24, 2.45) is 0 Å². The largest absolute Gasteiger partial charge is 0.444 e. The van der Waals surface area contributed by atoms with E-state index in [1.54, 1.807) is 11.8 Å². The van der Waals surface area contributed by atoms with Crippen LogP contribution in [0.3, 0.4) is 0 Å². The highest BCUT2D eigenvalue weighted by Crippen LogP contribution is 2.38. The molecular formula is C20H25NO3. The quantitative estimate of drug-likeness (QED) is 0.544. The molecule has 1 amide bonds. The Bertz CT molecular complexity index is 707. The van der Waals surface area contributed by atoms with Crippen LogP contribution >= 0.6 is 0 Å². The van der Waals surface area contributed by atoms with Gasteiger partial charge in [0.2, 0.25) is 0 Å². The standard InChI is InChI=1S/C20H25NO3/c1-7-9-15-10-8-11-17-18(15)16(12-22)13(2)14(3)21(17)19(23)24-20(4,5)6/h8,10,12,14,17H,11H2,1-6H3. The van der Waals surface area contributed by atoms with Crippen molar-refractivity contribution in [2.75, 3.05) is 0 Å². The van der Waals surface area contributed by atoms with Crippen LogP contribution in [0, 0.1) is 11.8 Å². The zero-order valence-electron chi connectivity index (χ0n) is 15.3. The summed E-state index contributed by atoms with van der Waals surface area (Å²) in [6, 6.07) is -0.421. The van der Waals surface area contributed by atoms with Crippen LogP contribution in [-0.4, -0.2) is 35.0 Å². The van der Waals surface area contributed by atoms with E-state index in [4.69, 9.17) is 4.74 Å². The first-order valence-electron chi connectivity index (χ1n) is 8.22. The van der Waals surface area contributed by atoms with Crippen molar-refractivity contribution < 1.29 is 14.3 Å². The molecular weight excluding hydrogens is 302 g/mol. The molecule has 24 heavy (non-hydrogen) atoms. The Morgan fingerprint density at radius 3 is 2.62 bits per heavy atom. The zero-order chi connectivity index (χ0) is 18.1. The van der Waals surface area contributed by atoms with Gasteiger partial charge < -0.3 is 4.74 Å². The maximum Gasteiger partial charge on any atom is 0.411 e. The minimum Gasteiger partial charge on any atom is -0.444 e. The number of ether oxygens (including phenoxy) is 1. The van der Waals surface area contributed by atoms with E-state index < -0.39 is 5.60 Å². The maximum absolute atomic E-state index is 12.8. The van der Waals surface area contributed by atoms with Crippen molar-refractivity contribution in [3.8, 4) is 11.8 Å². The highest BCUT2D eigenvalue weighted by atomic mass is 16.6. The molecule has 0 N–H and O–H groups in total. The lowest BCUT2D eigenvalue weighted by atomic mass is 9.79. The van der Waals surface area contributed by atoms with Gasteiger partial charge in [-0.15, -0.1) is 5.92 Å². The number of fused-ring (bicyclic) bond motifs is 1. The molecule has 0 saturated carbocycles. The Morgan fingerprint density at radius 2 is 2.08 bits per heavy atom. The predicted octanol–water partition coefficient (Wildman–Crippen LogP) is 3.79.